The molecule has 0 unspecified atom stereocenters. The highest BCUT2D eigenvalue weighted by molar-refractivity contribution is 6.00. The van der Waals surface area contributed by atoms with Crippen LogP contribution in [-0.2, 0) is 6.18 Å². The van der Waals surface area contributed by atoms with E-state index in [1.165, 1.54) is 6.07 Å². The monoisotopic (exact) mass is 292 g/mol. The molecule has 2 aromatic carbocycles. The highest BCUT2D eigenvalue weighted by Gasteiger charge is 2.31. The number of rotatable bonds is 3. The van der Waals surface area contributed by atoms with Gasteiger partial charge in [-0.1, -0.05) is 55.0 Å². The molecule has 2 aromatic rings. The maximum Gasteiger partial charge on any atom is 0.416 e. The first-order valence-electron chi connectivity index (χ1n) is 6.57. The van der Waals surface area contributed by atoms with Crippen LogP contribution in [0.25, 0.3) is 0 Å². The summed E-state index contributed by atoms with van der Waals surface area (Å²) < 4.78 is 38.1. The molecule has 0 spiro atoms. The van der Waals surface area contributed by atoms with E-state index < -0.39 is 17.7 Å². The van der Waals surface area contributed by atoms with Crippen molar-refractivity contribution in [2.24, 2.45) is 0 Å². The number of alkyl halides is 3. The molecule has 0 aliphatic heterocycles. The highest BCUT2D eigenvalue weighted by Crippen LogP contribution is 2.31. The quantitative estimate of drug-likeness (QED) is 0.727. The van der Waals surface area contributed by atoms with Gasteiger partial charge in [-0.25, -0.2) is 0 Å². The van der Waals surface area contributed by atoms with Crippen LogP contribution in [0.15, 0.2) is 48.5 Å². The summed E-state index contributed by atoms with van der Waals surface area (Å²) in [5.74, 6) is -0.802. The summed E-state index contributed by atoms with van der Waals surface area (Å²) in [7, 11) is 0. The van der Waals surface area contributed by atoms with Gasteiger partial charge in [-0.05, 0) is 18.6 Å². The Morgan fingerprint density at radius 1 is 1.05 bits per heavy atom. The summed E-state index contributed by atoms with van der Waals surface area (Å²) in [6, 6.07) is 11.9. The molecule has 0 radical (unpaired) electrons. The average Bonchev–Trinajstić information content (AvgIpc) is 2.46. The van der Waals surface area contributed by atoms with Gasteiger partial charge in [-0.15, -0.1) is 0 Å². The molecule has 0 saturated carbocycles. The van der Waals surface area contributed by atoms with Crippen LogP contribution in [0.4, 0.5) is 13.2 Å². The van der Waals surface area contributed by atoms with Crippen LogP contribution in [0, 0.1) is 6.92 Å². The number of hydrogen-bond donors (Lipinski definition) is 0. The number of benzene rings is 2. The van der Waals surface area contributed by atoms with Gasteiger partial charge in [0.05, 0.1) is 5.56 Å². The Kier molecular flexibility index (Phi) is 4.16. The summed E-state index contributed by atoms with van der Waals surface area (Å²) in [5, 5.41) is 0. The molecule has 0 heterocycles. The van der Waals surface area contributed by atoms with Gasteiger partial charge in [0.1, 0.15) is 0 Å². The number of Topliss-reactive ketones (excluding diaryl/α,β-unsaturated/α-hetero) is 1. The van der Waals surface area contributed by atoms with Crippen LogP contribution in [0.1, 0.15) is 39.9 Å². The van der Waals surface area contributed by atoms with E-state index in [0.717, 1.165) is 17.7 Å². The third-order valence-electron chi connectivity index (χ3n) is 3.44. The lowest BCUT2D eigenvalue weighted by Gasteiger charge is -2.14. The van der Waals surface area contributed by atoms with Crippen LogP contribution in [-0.4, -0.2) is 5.78 Å². The number of aryl methyl sites for hydroxylation is 1. The normalized spacial score (nSPS) is 13.0. The first-order valence-corrected chi connectivity index (χ1v) is 6.57. The predicted molar refractivity (Wildman–Crippen MR) is 75.4 cm³/mol. The molecule has 2 rings (SSSR count). The molecule has 0 bridgehead atoms. The molecule has 21 heavy (non-hydrogen) atoms. The molecule has 1 atom stereocenters. The molecule has 0 aliphatic rings. The van der Waals surface area contributed by atoms with Crippen molar-refractivity contribution in [2.75, 3.05) is 0 Å². The van der Waals surface area contributed by atoms with Gasteiger partial charge < -0.3 is 0 Å². The molecular weight excluding hydrogens is 277 g/mol. The maximum absolute atomic E-state index is 12.7. The SMILES string of the molecule is Cc1ccc(C(=O)[C@@H](C)c2cccc(C(F)(F)F)c2)cc1. The molecule has 4 heteroatoms. The van der Waals surface area contributed by atoms with Crippen molar-refractivity contribution in [3.63, 3.8) is 0 Å². The lowest BCUT2D eigenvalue weighted by Crippen LogP contribution is -2.11. The van der Waals surface area contributed by atoms with Gasteiger partial charge in [0.25, 0.3) is 0 Å². The number of halogens is 3. The fourth-order valence-corrected chi connectivity index (χ4v) is 2.10. The minimum atomic E-state index is -4.40. The van der Waals surface area contributed by atoms with Crippen molar-refractivity contribution >= 4 is 5.78 Å². The lowest BCUT2D eigenvalue weighted by molar-refractivity contribution is -0.137. The number of carbonyl (C=O) groups excluding carboxylic acids is 1. The third kappa shape index (κ3) is 3.51. The molecule has 0 amide bonds. The molecule has 1 nitrogen and oxygen atoms in total. The number of ketones is 1. The molecule has 0 fully saturated rings. The zero-order valence-electron chi connectivity index (χ0n) is 11.7. The van der Waals surface area contributed by atoms with Crippen molar-refractivity contribution in [3.05, 3.63) is 70.8 Å². The predicted octanol–water partition coefficient (Wildman–Crippen LogP) is 5.00. The van der Waals surface area contributed by atoms with E-state index in [2.05, 4.69) is 0 Å². The van der Waals surface area contributed by atoms with Gasteiger partial charge in [-0.2, -0.15) is 13.2 Å². The Morgan fingerprint density at radius 3 is 2.24 bits per heavy atom. The molecular formula is C17H15F3O. The molecule has 0 saturated heterocycles. The van der Waals surface area contributed by atoms with Crippen molar-refractivity contribution < 1.29 is 18.0 Å². The average molecular weight is 292 g/mol. The van der Waals surface area contributed by atoms with E-state index in [0.29, 0.717) is 11.1 Å². The highest BCUT2D eigenvalue weighted by atomic mass is 19.4. The van der Waals surface area contributed by atoms with Gasteiger partial charge in [0, 0.05) is 11.5 Å². The van der Waals surface area contributed by atoms with E-state index in [9.17, 15) is 18.0 Å². The summed E-state index contributed by atoms with van der Waals surface area (Å²) in [6.45, 7) is 3.53. The van der Waals surface area contributed by atoms with Gasteiger partial charge in [0.2, 0.25) is 0 Å². The van der Waals surface area contributed by atoms with Crippen molar-refractivity contribution in [1.29, 1.82) is 0 Å². The Balaban J connectivity index is 2.29. The van der Waals surface area contributed by atoms with Crippen LogP contribution in [0.5, 0.6) is 0 Å². The number of carbonyl (C=O) groups is 1. The van der Waals surface area contributed by atoms with Gasteiger partial charge in [0.15, 0.2) is 5.78 Å². The molecule has 0 aromatic heterocycles. The van der Waals surface area contributed by atoms with Crippen molar-refractivity contribution in [1.82, 2.24) is 0 Å². The van der Waals surface area contributed by atoms with E-state index in [1.54, 1.807) is 25.1 Å². The first kappa shape index (κ1) is 15.3. The minimum absolute atomic E-state index is 0.186. The van der Waals surface area contributed by atoms with Crippen LogP contribution < -0.4 is 0 Å². The standard InChI is InChI=1S/C17H15F3O/c1-11-6-8-13(9-7-11)16(21)12(2)14-4-3-5-15(10-14)17(18,19)20/h3-10,12H,1-2H3/t12-/m0/s1. The fourth-order valence-electron chi connectivity index (χ4n) is 2.10. The Bertz CT molecular complexity index is 642. The zero-order chi connectivity index (χ0) is 15.6. The van der Waals surface area contributed by atoms with E-state index in [1.807, 2.05) is 19.1 Å². The zero-order valence-corrected chi connectivity index (χ0v) is 11.7. The summed E-state index contributed by atoms with van der Waals surface area (Å²) in [4.78, 5) is 12.3. The Labute approximate surface area is 121 Å². The smallest absolute Gasteiger partial charge is 0.294 e. The summed E-state index contributed by atoms with van der Waals surface area (Å²) in [5.41, 5.74) is 1.17. The van der Waals surface area contributed by atoms with E-state index in [-0.39, 0.29) is 5.78 Å². The lowest BCUT2D eigenvalue weighted by atomic mass is 9.91. The van der Waals surface area contributed by atoms with Gasteiger partial charge >= 0.3 is 6.18 Å². The van der Waals surface area contributed by atoms with Crippen molar-refractivity contribution in [2.45, 2.75) is 25.9 Å². The topological polar surface area (TPSA) is 17.1 Å². The third-order valence-corrected chi connectivity index (χ3v) is 3.44. The minimum Gasteiger partial charge on any atom is -0.294 e. The Morgan fingerprint density at radius 2 is 1.67 bits per heavy atom. The second-order valence-corrected chi connectivity index (χ2v) is 5.08. The van der Waals surface area contributed by atoms with Crippen LogP contribution in [0.2, 0.25) is 0 Å². The first-order chi connectivity index (χ1) is 9.79. The second kappa shape index (κ2) is 5.72. The maximum atomic E-state index is 12.7. The molecule has 0 aliphatic carbocycles. The van der Waals surface area contributed by atoms with Crippen molar-refractivity contribution in [3.8, 4) is 0 Å². The van der Waals surface area contributed by atoms with Gasteiger partial charge in [-0.3, -0.25) is 4.79 Å². The van der Waals surface area contributed by atoms with Crippen LogP contribution >= 0.6 is 0 Å². The number of hydrogen-bond acceptors (Lipinski definition) is 1. The second-order valence-electron chi connectivity index (χ2n) is 5.08. The largest absolute Gasteiger partial charge is 0.416 e. The molecule has 110 valence electrons. The Hall–Kier alpha value is -2.10. The van der Waals surface area contributed by atoms with E-state index >= 15 is 0 Å². The fraction of sp³-hybridized carbons (Fsp3) is 0.235. The van der Waals surface area contributed by atoms with Crippen LogP contribution in [0.3, 0.4) is 0 Å². The summed E-state index contributed by atoms with van der Waals surface area (Å²) >= 11 is 0. The molecule has 0 N–H and O–H groups in total. The summed E-state index contributed by atoms with van der Waals surface area (Å²) in [6.07, 6.45) is -4.40. The van der Waals surface area contributed by atoms with E-state index in [4.69, 9.17) is 0 Å².